The number of halogens is 2. The Morgan fingerprint density at radius 2 is 2.09 bits per heavy atom. The van der Waals surface area contributed by atoms with Crippen molar-refractivity contribution in [1.29, 1.82) is 0 Å². The summed E-state index contributed by atoms with van der Waals surface area (Å²) in [6.07, 6.45) is 1.23. The second-order valence-electron chi connectivity index (χ2n) is 8.25. The van der Waals surface area contributed by atoms with Crippen LogP contribution in [0.2, 0.25) is 5.02 Å². The Balaban J connectivity index is 1.67. The van der Waals surface area contributed by atoms with Gasteiger partial charge in [0.2, 0.25) is 0 Å². The number of nitrogens with zero attached hydrogens (tertiary/aromatic N) is 2. The van der Waals surface area contributed by atoms with Crippen LogP contribution < -0.4 is 10.4 Å². The molecule has 0 radical (unpaired) electrons. The Bertz CT molecular complexity index is 1230. The number of rotatable bonds is 8. The SMILES string of the molecule is Cc1c(N2CCCO2)nc2ccc(Br)cc2c1C(=O)NC[C@@H](CCC(=O)O)c1ccccc1Cl. The van der Waals surface area contributed by atoms with E-state index in [0.29, 0.717) is 41.5 Å². The number of anilines is 1. The molecule has 0 spiro atoms. The van der Waals surface area contributed by atoms with Crippen LogP contribution in [0.4, 0.5) is 5.82 Å². The van der Waals surface area contributed by atoms with Crippen LogP contribution in [0.15, 0.2) is 46.9 Å². The molecule has 9 heteroatoms. The van der Waals surface area contributed by atoms with E-state index in [4.69, 9.17) is 21.4 Å². The molecule has 1 atom stereocenters. The van der Waals surface area contributed by atoms with Gasteiger partial charge < -0.3 is 10.4 Å². The van der Waals surface area contributed by atoms with Crippen LogP contribution >= 0.6 is 27.5 Å². The lowest BCUT2D eigenvalue weighted by atomic mass is 9.93. The molecule has 7 nitrogen and oxygen atoms in total. The summed E-state index contributed by atoms with van der Waals surface area (Å²) >= 11 is 9.88. The van der Waals surface area contributed by atoms with Crippen LogP contribution in [0.1, 0.15) is 46.7 Å². The van der Waals surface area contributed by atoms with Crippen molar-refractivity contribution in [1.82, 2.24) is 10.3 Å². The molecule has 2 aromatic carbocycles. The van der Waals surface area contributed by atoms with Crippen LogP contribution in [0.25, 0.3) is 10.9 Å². The highest BCUT2D eigenvalue weighted by Gasteiger charge is 2.25. The van der Waals surface area contributed by atoms with Crippen molar-refractivity contribution < 1.29 is 19.5 Å². The van der Waals surface area contributed by atoms with Crippen molar-refractivity contribution in [2.45, 2.75) is 32.1 Å². The van der Waals surface area contributed by atoms with Crippen LogP contribution in [-0.2, 0) is 9.63 Å². The van der Waals surface area contributed by atoms with E-state index in [2.05, 4.69) is 21.2 Å². The van der Waals surface area contributed by atoms with Crippen LogP contribution in [0.5, 0.6) is 0 Å². The number of hydroxylamine groups is 1. The van der Waals surface area contributed by atoms with E-state index >= 15 is 0 Å². The first-order valence-electron chi connectivity index (χ1n) is 11.1. The van der Waals surface area contributed by atoms with Crippen molar-refractivity contribution >= 4 is 56.1 Å². The molecule has 1 aromatic heterocycles. The second-order valence-corrected chi connectivity index (χ2v) is 9.57. The number of aliphatic carboxylic acids is 1. The number of benzene rings is 2. The molecule has 0 aliphatic carbocycles. The monoisotopic (exact) mass is 545 g/mol. The molecule has 1 amide bonds. The van der Waals surface area contributed by atoms with Crippen LogP contribution in [0.3, 0.4) is 0 Å². The van der Waals surface area contributed by atoms with E-state index in [1.807, 2.05) is 43.3 Å². The third kappa shape index (κ3) is 5.35. The fourth-order valence-corrected chi connectivity index (χ4v) is 4.89. The van der Waals surface area contributed by atoms with Crippen molar-refractivity contribution in [3.8, 4) is 0 Å². The molecule has 4 rings (SSSR count). The van der Waals surface area contributed by atoms with Crippen molar-refractivity contribution in [3.63, 3.8) is 0 Å². The molecule has 2 heterocycles. The maximum Gasteiger partial charge on any atom is 0.303 e. The smallest absolute Gasteiger partial charge is 0.303 e. The standard InChI is InChI=1S/C25H25BrClN3O4/c1-15-23(19-13-17(26)8-9-21(19)29-24(15)30-11-4-12-34-30)25(33)28-14-16(7-10-22(31)32)18-5-2-3-6-20(18)27/h2-3,5-6,8-9,13,16H,4,7,10-12,14H2,1H3,(H,28,33)(H,31,32)/t16-/m1/s1. The fraction of sp³-hybridized carbons (Fsp3) is 0.320. The fourth-order valence-electron chi connectivity index (χ4n) is 4.24. The normalized spacial score (nSPS) is 14.4. The van der Waals surface area contributed by atoms with Gasteiger partial charge in [-0.2, -0.15) is 0 Å². The minimum atomic E-state index is -0.889. The van der Waals surface area contributed by atoms with Gasteiger partial charge in [0.15, 0.2) is 5.82 Å². The molecular weight excluding hydrogens is 522 g/mol. The number of pyridine rings is 1. The minimum Gasteiger partial charge on any atom is -0.481 e. The number of carbonyl (C=O) groups excluding carboxylic acids is 1. The van der Waals surface area contributed by atoms with Crippen molar-refractivity contribution in [3.05, 3.63) is 68.7 Å². The summed E-state index contributed by atoms with van der Waals surface area (Å²) in [6, 6.07) is 13.0. The molecule has 1 saturated heterocycles. The van der Waals surface area contributed by atoms with E-state index in [-0.39, 0.29) is 24.8 Å². The number of carboxylic acids is 1. The zero-order chi connectivity index (χ0) is 24.2. The van der Waals surface area contributed by atoms with Crippen LogP contribution in [0, 0.1) is 6.92 Å². The maximum atomic E-state index is 13.6. The van der Waals surface area contributed by atoms with E-state index < -0.39 is 5.97 Å². The van der Waals surface area contributed by atoms with E-state index in [0.717, 1.165) is 27.4 Å². The Morgan fingerprint density at radius 3 is 2.79 bits per heavy atom. The largest absolute Gasteiger partial charge is 0.481 e. The first-order valence-corrected chi connectivity index (χ1v) is 12.3. The number of aromatic nitrogens is 1. The second kappa shape index (κ2) is 10.7. The lowest BCUT2D eigenvalue weighted by Gasteiger charge is -2.22. The molecule has 2 N–H and O–H groups in total. The maximum absolute atomic E-state index is 13.6. The molecule has 1 aliphatic rings. The minimum absolute atomic E-state index is 0.0215. The Hall–Kier alpha value is -2.68. The predicted molar refractivity (Wildman–Crippen MR) is 135 cm³/mol. The Kier molecular flexibility index (Phi) is 7.70. The number of carboxylic acid groups (broad SMARTS) is 1. The highest BCUT2D eigenvalue weighted by Crippen LogP contribution is 2.32. The number of amides is 1. The zero-order valence-electron chi connectivity index (χ0n) is 18.7. The summed E-state index contributed by atoms with van der Waals surface area (Å²) in [4.78, 5) is 35.2. The van der Waals surface area contributed by atoms with Gasteiger partial charge in [-0.3, -0.25) is 14.4 Å². The summed E-state index contributed by atoms with van der Waals surface area (Å²) in [5.74, 6) is -0.753. The predicted octanol–water partition coefficient (Wildman–Crippen LogP) is 5.48. The summed E-state index contributed by atoms with van der Waals surface area (Å²) in [5.41, 5.74) is 2.76. The molecule has 34 heavy (non-hydrogen) atoms. The van der Waals surface area contributed by atoms with E-state index in [9.17, 15) is 14.7 Å². The van der Waals surface area contributed by atoms with Gasteiger partial charge in [0.05, 0.1) is 17.7 Å². The first kappa shape index (κ1) is 24.4. The molecular formula is C25H25BrClN3O4. The average molecular weight is 547 g/mol. The molecule has 1 aliphatic heterocycles. The van der Waals surface area contributed by atoms with Gasteiger partial charge in [0.25, 0.3) is 5.91 Å². The highest BCUT2D eigenvalue weighted by molar-refractivity contribution is 9.10. The topological polar surface area (TPSA) is 91.8 Å². The summed E-state index contributed by atoms with van der Waals surface area (Å²) < 4.78 is 0.843. The van der Waals surface area contributed by atoms with Gasteiger partial charge in [0.1, 0.15) is 0 Å². The quantitative estimate of drug-likeness (QED) is 0.389. The Labute approximate surface area is 211 Å². The van der Waals surface area contributed by atoms with Gasteiger partial charge in [0, 0.05) is 45.9 Å². The van der Waals surface area contributed by atoms with Gasteiger partial charge in [-0.25, -0.2) is 10.0 Å². The number of hydrogen-bond acceptors (Lipinski definition) is 5. The number of hydrogen-bond donors (Lipinski definition) is 2. The summed E-state index contributed by atoms with van der Waals surface area (Å²) in [7, 11) is 0. The van der Waals surface area contributed by atoms with Gasteiger partial charge in [-0.05, 0) is 49.6 Å². The lowest BCUT2D eigenvalue weighted by Crippen LogP contribution is -2.30. The highest BCUT2D eigenvalue weighted by atomic mass is 79.9. The number of carbonyl (C=O) groups is 2. The molecule has 0 saturated carbocycles. The lowest BCUT2D eigenvalue weighted by molar-refractivity contribution is -0.137. The third-order valence-electron chi connectivity index (χ3n) is 5.94. The van der Waals surface area contributed by atoms with Gasteiger partial charge in [-0.15, -0.1) is 0 Å². The molecule has 3 aromatic rings. The van der Waals surface area contributed by atoms with Crippen molar-refractivity contribution in [2.75, 3.05) is 24.8 Å². The van der Waals surface area contributed by atoms with Gasteiger partial charge >= 0.3 is 5.97 Å². The summed E-state index contributed by atoms with van der Waals surface area (Å²) in [6.45, 7) is 3.45. The third-order valence-corrected chi connectivity index (χ3v) is 6.78. The van der Waals surface area contributed by atoms with Gasteiger partial charge in [-0.1, -0.05) is 45.7 Å². The van der Waals surface area contributed by atoms with E-state index in [1.165, 1.54) is 0 Å². The first-order chi connectivity index (χ1) is 16.3. The number of nitrogens with one attached hydrogen (secondary N) is 1. The molecule has 178 valence electrons. The van der Waals surface area contributed by atoms with Crippen molar-refractivity contribution in [2.24, 2.45) is 0 Å². The van der Waals surface area contributed by atoms with Crippen LogP contribution in [-0.4, -0.2) is 41.7 Å². The molecule has 1 fully saturated rings. The Morgan fingerprint density at radius 1 is 1.29 bits per heavy atom. The zero-order valence-corrected chi connectivity index (χ0v) is 21.0. The van der Waals surface area contributed by atoms with E-state index in [1.54, 1.807) is 11.1 Å². The average Bonchev–Trinajstić information content (AvgIpc) is 3.34. The molecule has 0 unspecified atom stereocenters. The number of fused-ring (bicyclic) bond motifs is 1. The summed E-state index contributed by atoms with van der Waals surface area (Å²) in [5, 5.41) is 15.2. The molecule has 0 bridgehead atoms.